The highest BCUT2D eigenvalue weighted by atomic mass is 19.2. The number of anilines is 1. The molecule has 0 atom stereocenters. The van der Waals surface area contributed by atoms with Crippen LogP contribution in [0.15, 0.2) is 53.3 Å². The number of aromatic nitrogens is 1. The van der Waals surface area contributed by atoms with E-state index in [9.17, 15) is 18.4 Å². The number of fused-ring (bicyclic) bond motifs is 1. The second-order valence-electron chi connectivity index (χ2n) is 5.77. The summed E-state index contributed by atoms with van der Waals surface area (Å²) < 4.78 is 27.6. The summed E-state index contributed by atoms with van der Waals surface area (Å²) in [5.41, 5.74) is 1.36. The lowest BCUT2D eigenvalue weighted by Crippen LogP contribution is -2.25. The lowest BCUT2D eigenvalue weighted by molar-refractivity contribution is -0.116. The number of carbonyl (C=O) groups is 1. The first-order chi connectivity index (χ1) is 12.0. The lowest BCUT2D eigenvalue weighted by Gasteiger charge is -2.12. The lowest BCUT2D eigenvalue weighted by atomic mass is 10.1. The van der Waals surface area contributed by atoms with Gasteiger partial charge in [0.1, 0.15) is 0 Å². The number of aryl methyl sites for hydroxylation is 2. The van der Waals surface area contributed by atoms with Crippen molar-refractivity contribution in [2.24, 2.45) is 0 Å². The normalized spacial score (nSPS) is 10.8. The maximum absolute atomic E-state index is 13.2. The molecule has 3 aromatic rings. The maximum atomic E-state index is 13.2. The largest absolute Gasteiger partial charge is 0.326 e. The molecule has 2 aromatic carbocycles. The number of carbonyl (C=O) groups excluding carboxylic acids is 1. The summed E-state index contributed by atoms with van der Waals surface area (Å²) >= 11 is 0. The van der Waals surface area contributed by atoms with E-state index in [2.05, 4.69) is 5.32 Å². The molecule has 0 fully saturated rings. The summed E-state index contributed by atoms with van der Waals surface area (Å²) in [5, 5.41) is 3.42. The smallest absolute Gasteiger partial charge is 0.253 e. The molecule has 0 unspecified atom stereocenters. The van der Waals surface area contributed by atoms with Crippen LogP contribution in [0.5, 0.6) is 0 Å². The van der Waals surface area contributed by atoms with Crippen molar-refractivity contribution in [3.63, 3.8) is 0 Å². The first kappa shape index (κ1) is 16.8. The van der Waals surface area contributed by atoms with Crippen LogP contribution in [0, 0.1) is 18.6 Å². The molecular formula is C19H16F2N2O2. The molecule has 0 aliphatic heterocycles. The van der Waals surface area contributed by atoms with Crippen LogP contribution in [0.1, 0.15) is 12.0 Å². The van der Waals surface area contributed by atoms with Crippen LogP contribution in [0.25, 0.3) is 10.9 Å². The number of rotatable bonds is 4. The van der Waals surface area contributed by atoms with E-state index in [1.165, 1.54) is 6.07 Å². The predicted molar refractivity (Wildman–Crippen MR) is 92.5 cm³/mol. The summed E-state index contributed by atoms with van der Waals surface area (Å²) in [5.74, 6) is -2.39. The van der Waals surface area contributed by atoms with Crippen molar-refractivity contribution in [1.29, 1.82) is 0 Å². The second kappa shape index (κ2) is 6.84. The Morgan fingerprint density at radius 2 is 1.84 bits per heavy atom. The van der Waals surface area contributed by atoms with Crippen LogP contribution in [-0.4, -0.2) is 10.5 Å². The number of hydrogen-bond acceptors (Lipinski definition) is 2. The Labute approximate surface area is 142 Å². The van der Waals surface area contributed by atoms with E-state index in [4.69, 9.17) is 0 Å². The minimum absolute atomic E-state index is 0.0341. The number of hydrogen-bond donors (Lipinski definition) is 1. The number of nitrogens with zero attached hydrogens (tertiary/aromatic N) is 1. The summed E-state index contributed by atoms with van der Waals surface area (Å²) in [7, 11) is 0. The summed E-state index contributed by atoms with van der Waals surface area (Å²) in [6, 6.07) is 12.4. The highest BCUT2D eigenvalue weighted by molar-refractivity contribution is 5.90. The molecule has 6 heteroatoms. The average molecular weight is 342 g/mol. The standard InChI is InChI=1S/C19H16F2N2O2/c1-12-10-13-4-2-3-5-17(13)23(19(12)25)9-8-18(24)22-14-6-7-15(20)16(21)11-14/h2-7,10-11H,8-9H2,1H3,(H,22,24). The molecule has 0 saturated carbocycles. The Bertz CT molecular complexity index is 1010. The molecule has 0 spiro atoms. The van der Waals surface area contributed by atoms with E-state index in [0.29, 0.717) is 5.56 Å². The third-order valence-electron chi connectivity index (χ3n) is 3.95. The van der Waals surface area contributed by atoms with E-state index >= 15 is 0 Å². The Morgan fingerprint density at radius 1 is 1.08 bits per heavy atom. The van der Waals surface area contributed by atoms with Crippen molar-refractivity contribution in [2.75, 3.05) is 5.32 Å². The van der Waals surface area contributed by atoms with Gasteiger partial charge in [0, 0.05) is 30.3 Å². The molecule has 0 bridgehead atoms. The first-order valence-electron chi connectivity index (χ1n) is 7.80. The summed E-state index contributed by atoms with van der Waals surface area (Å²) in [6.07, 6.45) is 0.0341. The minimum atomic E-state index is -1.03. The molecule has 25 heavy (non-hydrogen) atoms. The van der Waals surface area contributed by atoms with Gasteiger partial charge in [0.15, 0.2) is 11.6 Å². The van der Waals surface area contributed by atoms with Gasteiger partial charge in [-0.05, 0) is 36.6 Å². The van der Waals surface area contributed by atoms with Gasteiger partial charge in [-0.2, -0.15) is 0 Å². The van der Waals surface area contributed by atoms with Gasteiger partial charge in [0.25, 0.3) is 5.56 Å². The van der Waals surface area contributed by atoms with Crippen molar-refractivity contribution in [3.8, 4) is 0 Å². The number of nitrogens with one attached hydrogen (secondary N) is 1. The molecular weight excluding hydrogens is 326 g/mol. The van der Waals surface area contributed by atoms with Crippen LogP contribution in [-0.2, 0) is 11.3 Å². The maximum Gasteiger partial charge on any atom is 0.253 e. The van der Waals surface area contributed by atoms with Gasteiger partial charge in [0.2, 0.25) is 5.91 Å². The molecule has 4 nitrogen and oxygen atoms in total. The fourth-order valence-corrected chi connectivity index (χ4v) is 2.71. The molecule has 1 amide bonds. The third-order valence-corrected chi connectivity index (χ3v) is 3.95. The van der Waals surface area contributed by atoms with E-state index < -0.39 is 11.6 Å². The molecule has 0 saturated heterocycles. The zero-order valence-electron chi connectivity index (χ0n) is 13.6. The molecule has 1 heterocycles. The predicted octanol–water partition coefficient (Wildman–Crippen LogP) is 3.62. The second-order valence-corrected chi connectivity index (χ2v) is 5.77. The Hall–Kier alpha value is -3.02. The van der Waals surface area contributed by atoms with Gasteiger partial charge in [-0.3, -0.25) is 9.59 Å². The van der Waals surface area contributed by atoms with Gasteiger partial charge in [-0.1, -0.05) is 18.2 Å². The van der Waals surface area contributed by atoms with Crippen LogP contribution >= 0.6 is 0 Å². The van der Waals surface area contributed by atoms with Crippen LogP contribution in [0.3, 0.4) is 0 Å². The average Bonchev–Trinajstić information content (AvgIpc) is 2.58. The van der Waals surface area contributed by atoms with Crippen LogP contribution in [0.4, 0.5) is 14.5 Å². The van der Waals surface area contributed by atoms with Gasteiger partial charge < -0.3 is 9.88 Å². The highest BCUT2D eigenvalue weighted by Crippen LogP contribution is 2.15. The van der Waals surface area contributed by atoms with Crippen LogP contribution < -0.4 is 10.9 Å². The zero-order valence-corrected chi connectivity index (χ0v) is 13.6. The Morgan fingerprint density at radius 3 is 2.60 bits per heavy atom. The molecule has 128 valence electrons. The third kappa shape index (κ3) is 3.57. The number of benzene rings is 2. The van der Waals surface area contributed by atoms with E-state index in [1.54, 1.807) is 11.5 Å². The molecule has 3 rings (SSSR count). The van der Waals surface area contributed by atoms with Crippen LogP contribution in [0.2, 0.25) is 0 Å². The molecule has 1 aromatic heterocycles. The first-order valence-corrected chi connectivity index (χ1v) is 7.80. The van der Waals surface area contributed by atoms with E-state index in [0.717, 1.165) is 23.0 Å². The number of pyridine rings is 1. The van der Waals surface area contributed by atoms with E-state index in [1.807, 2.05) is 30.3 Å². The Kier molecular flexibility index (Phi) is 4.61. The van der Waals surface area contributed by atoms with Crippen molar-refractivity contribution >= 4 is 22.5 Å². The topological polar surface area (TPSA) is 51.1 Å². The van der Waals surface area contributed by atoms with Crippen molar-refractivity contribution < 1.29 is 13.6 Å². The van der Waals surface area contributed by atoms with Gasteiger partial charge in [-0.15, -0.1) is 0 Å². The van der Waals surface area contributed by atoms with Crippen molar-refractivity contribution in [3.05, 3.63) is 76.1 Å². The Balaban J connectivity index is 1.78. The fourth-order valence-electron chi connectivity index (χ4n) is 2.71. The quantitative estimate of drug-likeness (QED) is 0.787. The van der Waals surface area contributed by atoms with Gasteiger partial charge >= 0.3 is 0 Å². The van der Waals surface area contributed by atoms with Crippen molar-refractivity contribution in [1.82, 2.24) is 4.57 Å². The zero-order chi connectivity index (χ0) is 18.0. The fraction of sp³-hybridized carbons (Fsp3) is 0.158. The van der Waals surface area contributed by atoms with Gasteiger partial charge in [0.05, 0.1) is 5.52 Å². The number of para-hydroxylation sites is 1. The number of halogens is 2. The molecule has 0 aliphatic carbocycles. The monoisotopic (exact) mass is 342 g/mol. The van der Waals surface area contributed by atoms with Gasteiger partial charge in [-0.25, -0.2) is 8.78 Å². The number of amides is 1. The summed E-state index contributed by atoms with van der Waals surface area (Å²) in [4.78, 5) is 24.4. The molecule has 0 radical (unpaired) electrons. The minimum Gasteiger partial charge on any atom is -0.326 e. The SMILES string of the molecule is Cc1cc2ccccc2n(CCC(=O)Nc2ccc(F)c(F)c2)c1=O. The van der Waals surface area contributed by atoms with E-state index in [-0.39, 0.29) is 30.1 Å². The van der Waals surface area contributed by atoms with Crippen molar-refractivity contribution in [2.45, 2.75) is 19.9 Å². The highest BCUT2D eigenvalue weighted by Gasteiger charge is 2.10. The molecule has 0 aliphatic rings. The molecule has 1 N–H and O–H groups in total. The summed E-state index contributed by atoms with van der Waals surface area (Å²) in [6.45, 7) is 1.92.